The third-order valence-electron chi connectivity index (χ3n) is 4.79. The number of hydrogen-bond acceptors (Lipinski definition) is 5. The molecule has 0 fully saturated rings. The molecule has 30 heavy (non-hydrogen) atoms. The van der Waals surface area contributed by atoms with E-state index in [2.05, 4.69) is 24.7 Å². The normalized spacial score (nSPS) is 12.2. The van der Waals surface area contributed by atoms with Crippen LogP contribution in [0.25, 0.3) is 17.0 Å². The van der Waals surface area contributed by atoms with Crippen LogP contribution in [0.3, 0.4) is 0 Å². The van der Waals surface area contributed by atoms with Crippen molar-refractivity contribution in [3.05, 3.63) is 35.5 Å². The van der Waals surface area contributed by atoms with E-state index < -0.39 is 8.07 Å². The molecule has 1 amide bonds. The molecule has 0 aliphatic heterocycles. The Morgan fingerprint density at radius 2 is 1.93 bits per heavy atom. The van der Waals surface area contributed by atoms with Crippen molar-refractivity contribution in [3.8, 4) is 0 Å². The van der Waals surface area contributed by atoms with Crippen molar-refractivity contribution in [1.82, 2.24) is 19.6 Å². The number of carbonyl (C=O) groups excluding carboxylic acids is 2. The Hall–Kier alpha value is -2.29. The molecule has 7 nitrogen and oxygen atoms in total. The Morgan fingerprint density at radius 3 is 2.57 bits per heavy atom. The van der Waals surface area contributed by atoms with E-state index in [1.54, 1.807) is 40.9 Å². The maximum absolute atomic E-state index is 12.4. The van der Waals surface area contributed by atoms with Crippen LogP contribution in [0.15, 0.2) is 24.3 Å². The minimum atomic E-state index is -1.17. The number of likely N-dealkylation sites (N-methyl/N-ethyl adjacent to an activating group) is 2. The van der Waals surface area contributed by atoms with E-state index in [-0.39, 0.29) is 5.91 Å². The van der Waals surface area contributed by atoms with Crippen molar-refractivity contribution in [1.29, 1.82) is 0 Å². The summed E-state index contributed by atoms with van der Waals surface area (Å²) in [6.07, 6.45) is 4.10. The van der Waals surface area contributed by atoms with Crippen molar-refractivity contribution in [3.63, 3.8) is 0 Å². The van der Waals surface area contributed by atoms with Crippen LogP contribution < -0.4 is 0 Å². The number of ether oxygens (including phenoxy) is 1. The maximum atomic E-state index is 12.4. The second-order valence-corrected chi connectivity index (χ2v) is 14.6. The Labute approximate surface area is 180 Å². The lowest BCUT2D eigenvalue weighted by molar-refractivity contribution is -0.124. The molecule has 0 saturated carbocycles. The first-order chi connectivity index (χ1) is 14.1. The molecule has 2 rings (SSSR count). The van der Waals surface area contributed by atoms with Gasteiger partial charge in [-0.25, -0.2) is 4.68 Å². The van der Waals surface area contributed by atoms with Crippen molar-refractivity contribution in [2.75, 3.05) is 40.8 Å². The highest BCUT2D eigenvalue weighted by Crippen LogP contribution is 2.21. The number of benzene rings is 1. The van der Waals surface area contributed by atoms with Crippen molar-refractivity contribution >= 4 is 37.2 Å². The zero-order chi connectivity index (χ0) is 22.3. The summed E-state index contributed by atoms with van der Waals surface area (Å²) in [4.78, 5) is 27.3. The van der Waals surface area contributed by atoms with Crippen LogP contribution in [0.2, 0.25) is 25.7 Å². The van der Waals surface area contributed by atoms with Crippen molar-refractivity contribution < 1.29 is 14.3 Å². The third-order valence-corrected chi connectivity index (χ3v) is 6.50. The first-order valence-corrected chi connectivity index (χ1v) is 13.9. The van der Waals surface area contributed by atoms with Gasteiger partial charge in [-0.05, 0) is 38.3 Å². The van der Waals surface area contributed by atoms with Crippen LogP contribution in [0.1, 0.15) is 16.1 Å². The first kappa shape index (κ1) is 24.0. The average Bonchev–Trinajstić information content (AvgIpc) is 3.03. The molecule has 0 N–H and O–H groups in total. The van der Waals surface area contributed by atoms with Crippen molar-refractivity contribution in [2.45, 2.75) is 32.4 Å². The standard InChI is InChI=1S/C22H34N4O3Si/c1-24(2)11-12-25(3)22(28)10-9-20-19-8-7-18(16-27)15-21(19)26(23-20)17-29-13-14-30(4,5)6/h7-10,15-16H,11-14,17H2,1-6H3/b10-9+. The smallest absolute Gasteiger partial charge is 0.246 e. The van der Waals surface area contributed by atoms with Gasteiger partial charge in [-0.15, -0.1) is 0 Å². The molecule has 1 aromatic carbocycles. The zero-order valence-electron chi connectivity index (χ0n) is 19.0. The van der Waals surface area contributed by atoms with Crippen LogP contribution in [-0.2, 0) is 16.3 Å². The molecule has 0 bridgehead atoms. The van der Waals surface area contributed by atoms with Gasteiger partial charge in [-0.3, -0.25) is 9.59 Å². The van der Waals surface area contributed by atoms with Crippen LogP contribution in [0.5, 0.6) is 0 Å². The van der Waals surface area contributed by atoms with E-state index in [0.29, 0.717) is 31.1 Å². The Balaban J connectivity index is 2.19. The molecule has 0 aliphatic rings. The van der Waals surface area contributed by atoms with Crippen LogP contribution in [0.4, 0.5) is 0 Å². The number of rotatable bonds is 11. The quantitative estimate of drug-likeness (QED) is 0.237. The van der Waals surface area contributed by atoms with E-state index in [9.17, 15) is 9.59 Å². The topological polar surface area (TPSA) is 67.7 Å². The molecule has 164 valence electrons. The lowest BCUT2D eigenvalue weighted by Crippen LogP contribution is -2.32. The van der Waals surface area contributed by atoms with Gasteiger partial charge < -0.3 is 14.5 Å². The monoisotopic (exact) mass is 430 g/mol. The molecular formula is C22H34N4O3Si. The van der Waals surface area contributed by atoms with Gasteiger partial charge in [0.1, 0.15) is 13.0 Å². The van der Waals surface area contributed by atoms with Gasteiger partial charge >= 0.3 is 0 Å². The number of nitrogens with zero attached hydrogens (tertiary/aromatic N) is 4. The predicted octanol–water partition coefficient (Wildman–Crippen LogP) is 3.19. The van der Waals surface area contributed by atoms with E-state index in [4.69, 9.17) is 4.74 Å². The summed E-state index contributed by atoms with van der Waals surface area (Å²) < 4.78 is 7.61. The molecule has 1 aromatic heterocycles. The predicted molar refractivity (Wildman–Crippen MR) is 124 cm³/mol. The molecule has 0 saturated heterocycles. The minimum absolute atomic E-state index is 0.0737. The first-order valence-electron chi connectivity index (χ1n) is 10.2. The number of fused-ring (bicyclic) bond motifs is 1. The Morgan fingerprint density at radius 1 is 1.20 bits per heavy atom. The molecule has 0 atom stereocenters. The third kappa shape index (κ3) is 7.19. The Bertz CT molecular complexity index is 900. The largest absolute Gasteiger partial charge is 0.360 e. The highest BCUT2D eigenvalue weighted by atomic mass is 28.3. The average molecular weight is 431 g/mol. The summed E-state index contributed by atoms with van der Waals surface area (Å²) >= 11 is 0. The lowest BCUT2D eigenvalue weighted by atomic mass is 10.1. The number of hydrogen-bond donors (Lipinski definition) is 0. The van der Waals surface area contributed by atoms with Gasteiger partial charge in [0.2, 0.25) is 5.91 Å². The summed E-state index contributed by atoms with van der Waals surface area (Å²) in [6.45, 7) is 9.39. The highest BCUT2D eigenvalue weighted by Gasteiger charge is 2.14. The van der Waals surface area contributed by atoms with E-state index in [1.165, 1.54) is 0 Å². The SMILES string of the molecule is CN(C)CCN(C)C(=O)/C=C/c1nn(COCC[Si](C)(C)C)c2cc(C=O)ccc12. The summed E-state index contributed by atoms with van der Waals surface area (Å²) in [5.41, 5.74) is 2.09. The second kappa shape index (κ2) is 10.7. The molecule has 8 heteroatoms. The minimum Gasteiger partial charge on any atom is -0.360 e. The second-order valence-electron chi connectivity index (χ2n) is 9.02. The molecular weight excluding hydrogens is 396 g/mol. The van der Waals surface area contributed by atoms with Gasteiger partial charge in [0.25, 0.3) is 0 Å². The number of amides is 1. The maximum Gasteiger partial charge on any atom is 0.246 e. The van der Waals surface area contributed by atoms with E-state index in [1.807, 2.05) is 25.1 Å². The van der Waals surface area contributed by atoms with Crippen LogP contribution in [0, 0.1) is 0 Å². The molecule has 0 spiro atoms. The van der Waals surface area contributed by atoms with Gasteiger partial charge in [-0.2, -0.15) is 5.10 Å². The summed E-state index contributed by atoms with van der Waals surface area (Å²) in [7, 11) is 4.58. The fraction of sp³-hybridized carbons (Fsp3) is 0.500. The number of aromatic nitrogens is 2. The lowest BCUT2D eigenvalue weighted by Gasteiger charge is -2.17. The fourth-order valence-electron chi connectivity index (χ4n) is 2.78. The van der Waals surface area contributed by atoms with Crippen LogP contribution in [-0.4, -0.2) is 80.7 Å². The highest BCUT2D eigenvalue weighted by molar-refractivity contribution is 6.76. The van der Waals surface area contributed by atoms with Crippen LogP contribution >= 0.6 is 0 Å². The van der Waals surface area contributed by atoms with E-state index >= 15 is 0 Å². The van der Waals surface area contributed by atoms with Gasteiger partial charge in [0.15, 0.2) is 0 Å². The molecule has 0 unspecified atom stereocenters. The Kier molecular flexibility index (Phi) is 8.51. The fourth-order valence-corrected chi connectivity index (χ4v) is 3.54. The van der Waals surface area contributed by atoms with E-state index in [0.717, 1.165) is 29.8 Å². The molecule has 1 heterocycles. The number of aldehydes is 1. The number of carbonyl (C=O) groups is 2. The molecule has 2 aromatic rings. The summed E-state index contributed by atoms with van der Waals surface area (Å²) in [5, 5.41) is 5.51. The summed E-state index contributed by atoms with van der Waals surface area (Å²) in [5.74, 6) is -0.0737. The van der Waals surface area contributed by atoms with Gasteiger partial charge in [-0.1, -0.05) is 25.7 Å². The van der Waals surface area contributed by atoms with Gasteiger partial charge in [0.05, 0.1) is 11.2 Å². The van der Waals surface area contributed by atoms with Gasteiger partial charge in [0, 0.05) is 51.8 Å². The molecule has 0 radical (unpaired) electrons. The summed E-state index contributed by atoms with van der Waals surface area (Å²) in [6, 6.07) is 6.51. The zero-order valence-corrected chi connectivity index (χ0v) is 20.0. The van der Waals surface area contributed by atoms with Crippen molar-refractivity contribution in [2.24, 2.45) is 0 Å². The molecule has 0 aliphatic carbocycles.